The van der Waals surface area contributed by atoms with Gasteiger partial charge in [-0.2, -0.15) is 0 Å². The first-order chi connectivity index (χ1) is 27.2. The van der Waals surface area contributed by atoms with Crippen LogP contribution in [0.3, 0.4) is 0 Å². The molecule has 0 radical (unpaired) electrons. The molecule has 3 N–H and O–H groups in total. The van der Waals surface area contributed by atoms with Crippen molar-refractivity contribution in [2.24, 2.45) is 0 Å². The molecule has 0 fully saturated rings. The molecule has 0 aliphatic heterocycles. The number of hydrogen-bond acceptors (Lipinski definition) is 5. The smallest absolute Gasteiger partial charge is 0.293 e. The van der Waals surface area contributed by atoms with Crippen molar-refractivity contribution < 1.29 is 24.5 Å². The second-order valence-corrected chi connectivity index (χ2v) is 16.9. The Morgan fingerprint density at radius 2 is 0.836 bits per heavy atom. The summed E-state index contributed by atoms with van der Waals surface area (Å²) in [6.07, 6.45) is 54.6. The monoisotopic (exact) mass is 778 g/mol. The van der Waals surface area contributed by atoms with Gasteiger partial charge >= 0.3 is 0 Å². The van der Waals surface area contributed by atoms with Crippen molar-refractivity contribution in [3.63, 3.8) is 0 Å². The summed E-state index contributed by atoms with van der Waals surface area (Å²) in [5, 5.41) is 23.0. The van der Waals surface area contributed by atoms with Gasteiger partial charge in [-0.25, -0.2) is 0 Å². The molecule has 0 saturated carbocycles. The highest BCUT2D eigenvalue weighted by atomic mass is 16.5. The van der Waals surface area contributed by atoms with Crippen LogP contribution in [0.25, 0.3) is 0 Å². The van der Waals surface area contributed by atoms with Gasteiger partial charge in [-0.1, -0.05) is 244 Å². The highest BCUT2D eigenvalue weighted by Gasteiger charge is 2.18. The van der Waals surface area contributed by atoms with Crippen molar-refractivity contribution in [1.29, 1.82) is 0 Å². The van der Waals surface area contributed by atoms with E-state index in [0.29, 0.717) is 19.5 Å². The first-order valence-electron chi connectivity index (χ1n) is 24.5. The minimum absolute atomic E-state index is 0.0654. The van der Waals surface area contributed by atoms with Crippen LogP contribution < -0.4 is 5.32 Å². The average Bonchev–Trinajstić information content (AvgIpc) is 3.19. The highest BCUT2D eigenvalue weighted by molar-refractivity contribution is 5.76. The van der Waals surface area contributed by atoms with Gasteiger partial charge in [0.1, 0.15) is 0 Å². The van der Waals surface area contributed by atoms with Crippen LogP contribution in [-0.4, -0.2) is 48.0 Å². The molecule has 0 aromatic carbocycles. The maximum absolute atomic E-state index is 12.4. The maximum atomic E-state index is 12.4. The molecule has 0 bridgehead atoms. The number of nitrogens with one attached hydrogen (secondary N) is 1. The topological polar surface area (TPSA) is 95.9 Å². The van der Waals surface area contributed by atoms with E-state index in [0.717, 1.165) is 32.1 Å². The maximum Gasteiger partial charge on any atom is 0.293 e. The summed E-state index contributed by atoms with van der Waals surface area (Å²) in [5.41, 5.74) is 0. The van der Waals surface area contributed by atoms with E-state index in [2.05, 4.69) is 12.2 Å². The Bertz CT molecular complexity index is 789. The first-order valence-corrected chi connectivity index (χ1v) is 24.5. The largest absolute Gasteiger partial charge is 0.468 e. The minimum atomic E-state index is -0.839. The number of amides is 1. The van der Waals surface area contributed by atoms with E-state index >= 15 is 0 Å². The van der Waals surface area contributed by atoms with Crippen LogP contribution in [0.4, 0.5) is 0 Å². The van der Waals surface area contributed by atoms with Gasteiger partial charge in [0.2, 0.25) is 5.91 Å². The van der Waals surface area contributed by atoms with Gasteiger partial charge < -0.3 is 20.3 Å². The summed E-state index contributed by atoms with van der Waals surface area (Å²) in [5.74, 6) is -0.0654. The summed E-state index contributed by atoms with van der Waals surface area (Å²) >= 11 is 0. The summed E-state index contributed by atoms with van der Waals surface area (Å²) in [6.45, 7) is 3.16. The number of unbranched alkanes of at least 4 members (excludes halogenated alkanes) is 37. The van der Waals surface area contributed by atoms with Crippen LogP contribution in [0.2, 0.25) is 0 Å². The summed E-state index contributed by atoms with van der Waals surface area (Å²) in [4.78, 5) is 22.5. The molecule has 6 nitrogen and oxygen atoms in total. The van der Waals surface area contributed by atoms with E-state index in [1.807, 2.05) is 6.08 Å². The van der Waals surface area contributed by atoms with Crippen LogP contribution in [0.15, 0.2) is 12.2 Å². The van der Waals surface area contributed by atoms with Gasteiger partial charge in [0, 0.05) is 6.42 Å². The van der Waals surface area contributed by atoms with Gasteiger partial charge in [-0.3, -0.25) is 9.59 Å². The predicted octanol–water partition coefficient (Wildman–Crippen LogP) is 14.2. The SMILES string of the molecule is CCCCCCCCCCCCC/C=C/C(O)C(CO)NC(=O)CCCCCCCCCCCCCCCCCCCCCCCCCCCCCOC=O. The van der Waals surface area contributed by atoms with Crippen LogP contribution in [0, 0.1) is 0 Å². The Morgan fingerprint density at radius 3 is 1.18 bits per heavy atom. The molecule has 6 heteroatoms. The molecule has 55 heavy (non-hydrogen) atoms. The van der Waals surface area contributed by atoms with Crippen molar-refractivity contribution in [3.8, 4) is 0 Å². The molecule has 0 spiro atoms. The fourth-order valence-electron chi connectivity index (χ4n) is 7.75. The van der Waals surface area contributed by atoms with Gasteiger partial charge in [0.15, 0.2) is 0 Å². The van der Waals surface area contributed by atoms with Crippen molar-refractivity contribution in [3.05, 3.63) is 12.2 Å². The number of allylic oxidation sites excluding steroid dienone is 1. The fourth-order valence-corrected chi connectivity index (χ4v) is 7.75. The molecule has 0 saturated heterocycles. The van der Waals surface area contributed by atoms with Crippen LogP contribution in [-0.2, 0) is 14.3 Å². The molecule has 0 heterocycles. The van der Waals surface area contributed by atoms with Crippen LogP contribution >= 0.6 is 0 Å². The lowest BCUT2D eigenvalue weighted by molar-refractivity contribution is -0.128. The molecule has 1 amide bonds. The van der Waals surface area contributed by atoms with Crippen LogP contribution in [0.1, 0.15) is 264 Å². The molecule has 0 aromatic rings. The van der Waals surface area contributed by atoms with Gasteiger partial charge in [-0.05, 0) is 25.7 Å². The minimum Gasteiger partial charge on any atom is -0.468 e. The quantitative estimate of drug-likeness (QED) is 0.0325. The fraction of sp³-hybridized carbons (Fsp3) is 0.918. The van der Waals surface area contributed by atoms with E-state index in [1.165, 1.54) is 218 Å². The number of aliphatic hydroxyl groups is 2. The third-order valence-electron chi connectivity index (χ3n) is 11.5. The standard InChI is InChI=1S/C49H95NO5/c1-2-3-4-5-6-7-8-24-27-30-33-36-39-42-48(53)47(45-51)50-49(54)43-40-37-34-31-28-25-22-20-18-16-14-12-10-9-11-13-15-17-19-21-23-26-29-32-35-38-41-44-55-46-52/h39,42,46-48,51,53H,2-38,40-41,43-45H2,1H3,(H,50,54)/b42-39+. The zero-order chi connectivity index (χ0) is 40.0. The van der Waals surface area contributed by atoms with Gasteiger partial charge in [-0.15, -0.1) is 0 Å². The third kappa shape index (κ3) is 43.6. The number of carbonyl (C=O) groups excluding carboxylic acids is 2. The summed E-state index contributed by atoms with van der Waals surface area (Å²) in [7, 11) is 0. The summed E-state index contributed by atoms with van der Waals surface area (Å²) < 4.78 is 4.73. The Balaban J connectivity index is 3.40. The van der Waals surface area contributed by atoms with Crippen molar-refractivity contribution in [2.45, 2.75) is 276 Å². The molecule has 2 atom stereocenters. The Hall–Kier alpha value is -1.40. The Morgan fingerprint density at radius 1 is 0.509 bits per heavy atom. The Labute approximate surface area is 342 Å². The molecule has 0 rings (SSSR count). The predicted molar refractivity (Wildman–Crippen MR) is 237 cm³/mol. The molecular weight excluding hydrogens is 683 g/mol. The number of hydrogen-bond donors (Lipinski definition) is 3. The molecule has 326 valence electrons. The number of carbonyl (C=O) groups is 2. The van der Waals surface area contributed by atoms with E-state index in [9.17, 15) is 19.8 Å². The van der Waals surface area contributed by atoms with Crippen molar-refractivity contribution in [1.82, 2.24) is 5.32 Å². The average molecular weight is 778 g/mol. The lowest BCUT2D eigenvalue weighted by atomic mass is 10.0. The zero-order valence-corrected chi connectivity index (χ0v) is 36.7. The van der Waals surface area contributed by atoms with E-state index in [4.69, 9.17) is 4.74 Å². The molecule has 0 aliphatic carbocycles. The number of rotatable bonds is 47. The first kappa shape index (κ1) is 53.6. The zero-order valence-electron chi connectivity index (χ0n) is 36.7. The van der Waals surface area contributed by atoms with E-state index < -0.39 is 12.1 Å². The summed E-state index contributed by atoms with van der Waals surface area (Å²) in [6, 6.07) is -0.622. The lowest BCUT2D eigenvalue weighted by Crippen LogP contribution is -2.45. The molecule has 2 unspecified atom stereocenters. The van der Waals surface area contributed by atoms with E-state index in [-0.39, 0.29) is 12.5 Å². The van der Waals surface area contributed by atoms with Gasteiger partial charge in [0.25, 0.3) is 6.47 Å². The van der Waals surface area contributed by atoms with E-state index in [1.54, 1.807) is 6.08 Å². The highest BCUT2D eigenvalue weighted by Crippen LogP contribution is 2.17. The second kappa shape index (κ2) is 47.0. The van der Waals surface area contributed by atoms with Crippen LogP contribution in [0.5, 0.6) is 0 Å². The Kier molecular flexibility index (Phi) is 45.8. The third-order valence-corrected chi connectivity index (χ3v) is 11.5. The molecular formula is C49H95NO5. The molecule has 0 aliphatic rings. The normalized spacial score (nSPS) is 12.7. The number of ether oxygens (including phenoxy) is 1. The molecule has 0 aromatic heterocycles. The number of aliphatic hydroxyl groups excluding tert-OH is 2. The lowest BCUT2D eigenvalue weighted by Gasteiger charge is -2.20. The van der Waals surface area contributed by atoms with Crippen molar-refractivity contribution in [2.75, 3.05) is 13.2 Å². The second-order valence-electron chi connectivity index (χ2n) is 16.9. The van der Waals surface area contributed by atoms with Gasteiger partial charge in [0.05, 0.1) is 25.4 Å². The van der Waals surface area contributed by atoms with Crippen molar-refractivity contribution >= 4 is 12.4 Å².